The second-order valence-corrected chi connectivity index (χ2v) is 10.1. The number of furan rings is 1. The van der Waals surface area contributed by atoms with Crippen LogP contribution in [0.4, 0.5) is 0 Å². The number of hydrogen-bond acceptors (Lipinski definition) is 6. The molecule has 9 nitrogen and oxygen atoms in total. The minimum absolute atomic E-state index is 0.0754. The number of para-hydroxylation sites is 1. The van der Waals surface area contributed by atoms with E-state index in [1.54, 1.807) is 54.6 Å². The first-order valence-electron chi connectivity index (χ1n) is 10.7. The Morgan fingerprint density at radius 3 is 2.37 bits per heavy atom. The summed E-state index contributed by atoms with van der Waals surface area (Å²) in [6.07, 6.45) is 0. The number of likely N-dealkylation sites (N-methyl/N-ethyl adjacent to an activating group) is 1. The fourth-order valence-electron chi connectivity index (χ4n) is 3.47. The highest BCUT2D eigenvalue weighted by atomic mass is 32.2. The van der Waals surface area contributed by atoms with Crippen LogP contribution < -0.4 is 10.9 Å². The number of sulfonamides is 1. The van der Waals surface area contributed by atoms with Crippen molar-refractivity contribution in [3.05, 3.63) is 83.6 Å². The summed E-state index contributed by atoms with van der Waals surface area (Å²) in [5.74, 6) is -0.0606. The highest BCUT2D eigenvalue weighted by Crippen LogP contribution is 2.26. The molecule has 2 aromatic carbocycles. The minimum atomic E-state index is -3.86. The van der Waals surface area contributed by atoms with Gasteiger partial charge in [0.15, 0.2) is 5.76 Å². The molecule has 0 saturated carbocycles. The molecule has 35 heavy (non-hydrogen) atoms. The maximum atomic E-state index is 13.0. The zero-order valence-corrected chi connectivity index (χ0v) is 20.2. The van der Waals surface area contributed by atoms with Gasteiger partial charge in [0, 0.05) is 12.4 Å². The number of carbonyl (C=O) groups excluding carboxylic acids is 2. The number of hydrogen-bond donors (Lipinski definition) is 2. The van der Waals surface area contributed by atoms with Gasteiger partial charge in [-0.15, -0.1) is 0 Å². The minimum Gasteiger partial charge on any atom is -0.460 e. The third-order valence-corrected chi connectivity index (χ3v) is 7.18. The van der Waals surface area contributed by atoms with Crippen molar-refractivity contribution in [2.75, 3.05) is 13.6 Å². The molecule has 2 amide bonds. The molecule has 2 N–H and O–H groups in total. The smallest absolute Gasteiger partial charge is 0.270 e. The molecule has 0 fully saturated rings. The Bertz CT molecular complexity index is 1510. The Morgan fingerprint density at radius 2 is 1.69 bits per heavy atom. The quantitative estimate of drug-likeness (QED) is 0.399. The lowest BCUT2D eigenvalue weighted by Crippen LogP contribution is -2.46. The Kier molecular flexibility index (Phi) is 6.68. The third-order valence-electron chi connectivity index (χ3n) is 5.36. The van der Waals surface area contributed by atoms with Gasteiger partial charge in [0.1, 0.15) is 11.5 Å². The van der Waals surface area contributed by atoms with Crippen LogP contribution in [0.15, 0.2) is 76.0 Å². The predicted molar refractivity (Wildman–Crippen MR) is 131 cm³/mol. The number of amides is 2. The molecule has 0 aliphatic heterocycles. The van der Waals surface area contributed by atoms with Crippen molar-refractivity contribution >= 4 is 32.7 Å². The van der Waals surface area contributed by atoms with Crippen LogP contribution in [0.1, 0.15) is 21.7 Å². The summed E-state index contributed by atoms with van der Waals surface area (Å²) < 4.78 is 32.0. The largest absolute Gasteiger partial charge is 0.460 e. The number of fused-ring (bicyclic) bond motifs is 1. The van der Waals surface area contributed by atoms with Crippen molar-refractivity contribution in [3.8, 4) is 11.5 Å². The van der Waals surface area contributed by atoms with Crippen LogP contribution in [-0.2, 0) is 14.8 Å². The second kappa shape index (κ2) is 9.69. The van der Waals surface area contributed by atoms with E-state index in [2.05, 4.69) is 15.8 Å². The molecular formula is C25H24N4O5S. The van der Waals surface area contributed by atoms with Crippen molar-refractivity contribution in [1.82, 2.24) is 20.1 Å². The van der Waals surface area contributed by atoms with E-state index in [1.807, 2.05) is 13.8 Å². The molecule has 2 heterocycles. The zero-order valence-electron chi connectivity index (χ0n) is 19.4. The van der Waals surface area contributed by atoms with E-state index in [0.29, 0.717) is 28.1 Å². The Balaban J connectivity index is 1.48. The van der Waals surface area contributed by atoms with Crippen molar-refractivity contribution in [1.29, 1.82) is 0 Å². The van der Waals surface area contributed by atoms with Gasteiger partial charge in [0.25, 0.3) is 11.8 Å². The molecule has 0 radical (unpaired) electrons. The van der Waals surface area contributed by atoms with E-state index in [1.165, 1.54) is 19.2 Å². The molecule has 180 valence electrons. The number of pyridine rings is 1. The third kappa shape index (κ3) is 5.23. The van der Waals surface area contributed by atoms with Crippen LogP contribution in [0.3, 0.4) is 0 Å². The molecular weight excluding hydrogens is 468 g/mol. The first-order chi connectivity index (χ1) is 16.6. The highest BCUT2D eigenvalue weighted by Gasteiger charge is 2.23. The van der Waals surface area contributed by atoms with Crippen molar-refractivity contribution in [2.45, 2.75) is 18.7 Å². The van der Waals surface area contributed by atoms with Crippen molar-refractivity contribution in [2.24, 2.45) is 0 Å². The Morgan fingerprint density at radius 1 is 0.971 bits per heavy atom. The number of nitrogens with one attached hydrogen (secondary N) is 2. The monoisotopic (exact) mass is 492 g/mol. The summed E-state index contributed by atoms with van der Waals surface area (Å²) in [4.78, 5) is 30.0. The van der Waals surface area contributed by atoms with E-state index >= 15 is 0 Å². The average molecular weight is 493 g/mol. The SMILES string of the molecule is Cc1ccc(S(=O)(=O)N(C)CC(=O)NNC(=O)c2cc(-c3ccc(C)o3)nc3ccccc23)cc1. The first kappa shape index (κ1) is 24.1. The number of rotatable bonds is 6. The number of nitrogens with zero attached hydrogens (tertiary/aromatic N) is 2. The van der Waals surface area contributed by atoms with Gasteiger partial charge in [-0.2, -0.15) is 4.31 Å². The molecule has 4 aromatic rings. The fourth-order valence-corrected chi connectivity index (χ4v) is 4.60. The van der Waals surface area contributed by atoms with E-state index in [0.717, 1.165) is 9.87 Å². The molecule has 0 atom stereocenters. The lowest BCUT2D eigenvalue weighted by atomic mass is 10.1. The molecule has 0 aliphatic carbocycles. The zero-order chi connectivity index (χ0) is 25.2. The number of aryl methyl sites for hydroxylation is 2. The molecule has 0 aliphatic rings. The van der Waals surface area contributed by atoms with E-state index < -0.39 is 28.4 Å². The van der Waals surface area contributed by atoms with Crippen LogP contribution in [0.2, 0.25) is 0 Å². The van der Waals surface area contributed by atoms with Gasteiger partial charge in [-0.3, -0.25) is 20.4 Å². The lowest BCUT2D eigenvalue weighted by Gasteiger charge is -2.17. The first-order valence-corrected chi connectivity index (χ1v) is 12.2. The summed E-state index contributed by atoms with van der Waals surface area (Å²) in [6, 6.07) is 18.6. The predicted octanol–water partition coefficient (Wildman–Crippen LogP) is 3.19. The van der Waals surface area contributed by atoms with Gasteiger partial charge < -0.3 is 4.42 Å². The van der Waals surface area contributed by atoms with Gasteiger partial charge in [-0.05, 0) is 50.2 Å². The molecule has 0 unspecified atom stereocenters. The molecule has 0 spiro atoms. The normalized spacial score (nSPS) is 11.5. The lowest BCUT2D eigenvalue weighted by molar-refractivity contribution is -0.121. The van der Waals surface area contributed by atoms with E-state index in [-0.39, 0.29) is 10.5 Å². The fraction of sp³-hybridized carbons (Fsp3) is 0.160. The highest BCUT2D eigenvalue weighted by molar-refractivity contribution is 7.89. The summed E-state index contributed by atoms with van der Waals surface area (Å²) in [5, 5.41) is 0.588. The van der Waals surface area contributed by atoms with Crippen LogP contribution >= 0.6 is 0 Å². The molecule has 2 aromatic heterocycles. The Hall–Kier alpha value is -4.02. The molecule has 0 bridgehead atoms. The van der Waals surface area contributed by atoms with Crippen molar-refractivity contribution in [3.63, 3.8) is 0 Å². The number of hydrazine groups is 1. The van der Waals surface area contributed by atoms with Gasteiger partial charge in [0.2, 0.25) is 10.0 Å². The summed E-state index contributed by atoms with van der Waals surface area (Å²) in [6.45, 7) is 3.18. The van der Waals surface area contributed by atoms with Crippen LogP contribution in [0.5, 0.6) is 0 Å². The van der Waals surface area contributed by atoms with E-state index in [4.69, 9.17) is 4.42 Å². The summed E-state index contributed by atoms with van der Waals surface area (Å²) in [5.41, 5.74) is 6.89. The van der Waals surface area contributed by atoms with Gasteiger partial charge in [-0.25, -0.2) is 13.4 Å². The van der Waals surface area contributed by atoms with Crippen LogP contribution in [0, 0.1) is 13.8 Å². The maximum Gasteiger partial charge on any atom is 0.270 e. The number of carbonyl (C=O) groups is 2. The number of aromatic nitrogens is 1. The maximum absolute atomic E-state index is 13.0. The van der Waals surface area contributed by atoms with Crippen molar-refractivity contribution < 1.29 is 22.4 Å². The molecule has 4 rings (SSSR count). The Labute approximate surface area is 202 Å². The summed E-state index contributed by atoms with van der Waals surface area (Å²) >= 11 is 0. The summed E-state index contributed by atoms with van der Waals surface area (Å²) in [7, 11) is -2.57. The van der Waals surface area contributed by atoms with Crippen LogP contribution in [0.25, 0.3) is 22.4 Å². The second-order valence-electron chi connectivity index (χ2n) is 8.06. The van der Waals surface area contributed by atoms with Gasteiger partial charge >= 0.3 is 0 Å². The van der Waals surface area contributed by atoms with E-state index in [9.17, 15) is 18.0 Å². The van der Waals surface area contributed by atoms with Gasteiger partial charge in [0.05, 0.1) is 22.5 Å². The number of benzene rings is 2. The average Bonchev–Trinajstić information content (AvgIpc) is 3.28. The molecule has 0 saturated heterocycles. The molecule has 10 heteroatoms. The topological polar surface area (TPSA) is 122 Å². The van der Waals surface area contributed by atoms with Crippen LogP contribution in [-0.4, -0.2) is 43.1 Å². The van der Waals surface area contributed by atoms with Gasteiger partial charge in [-0.1, -0.05) is 35.9 Å². The standard InChI is InChI=1S/C25H24N4O5S/c1-16-8-11-18(12-9-16)35(32,33)29(3)15-24(30)27-28-25(31)20-14-22(23-13-10-17(2)34-23)26-21-7-5-4-6-19(20)21/h4-14H,15H2,1-3H3,(H,27,30)(H,28,31).